The van der Waals surface area contributed by atoms with Crippen LogP contribution in [0.4, 0.5) is 0 Å². The van der Waals surface area contributed by atoms with Crippen molar-refractivity contribution in [3.05, 3.63) is 0 Å². The summed E-state index contributed by atoms with van der Waals surface area (Å²) in [4.78, 5) is 2.45. The van der Waals surface area contributed by atoms with Crippen LogP contribution >= 0.6 is 0 Å². The van der Waals surface area contributed by atoms with Gasteiger partial charge in [0, 0.05) is 17.6 Å². The van der Waals surface area contributed by atoms with Gasteiger partial charge in [0.25, 0.3) is 0 Å². The first-order chi connectivity index (χ1) is 7.39. The second-order valence-corrected chi connectivity index (χ2v) is 5.92. The molecule has 0 spiro atoms. The van der Waals surface area contributed by atoms with Crippen LogP contribution in [0.15, 0.2) is 0 Å². The van der Waals surface area contributed by atoms with Crippen molar-refractivity contribution < 1.29 is 5.11 Å². The van der Waals surface area contributed by atoms with Crippen LogP contribution < -0.4 is 5.73 Å². The molecule has 16 heavy (non-hydrogen) atoms. The molecule has 0 saturated heterocycles. The minimum Gasteiger partial charge on any atom is -0.394 e. The minimum atomic E-state index is -0.339. The van der Waals surface area contributed by atoms with Gasteiger partial charge in [-0.1, -0.05) is 13.8 Å². The summed E-state index contributed by atoms with van der Waals surface area (Å²) >= 11 is 0. The first-order valence-corrected chi connectivity index (χ1v) is 6.51. The molecule has 3 heteroatoms. The second kappa shape index (κ2) is 5.48. The third-order valence-corrected chi connectivity index (χ3v) is 4.35. The molecule has 3 atom stereocenters. The van der Waals surface area contributed by atoms with E-state index >= 15 is 0 Å². The van der Waals surface area contributed by atoms with E-state index in [1.54, 1.807) is 0 Å². The van der Waals surface area contributed by atoms with Crippen molar-refractivity contribution in [3.8, 4) is 0 Å². The summed E-state index contributed by atoms with van der Waals surface area (Å²) in [6.45, 7) is 6.90. The van der Waals surface area contributed by atoms with Crippen LogP contribution in [0.5, 0.6) is 0 Å². The topological polar surface area (TPSA) is 49.5 Å². The Hall–Kier alpha value is -0.120. The highest BCUT2D eigenvalue weighted by Crippen LogP contribution is 2.30. The molecule has 3 N–H and O–H groups in total. The van der Waals surface area contributed by atoms with Gasteiger partial charge in [-0.15, -0.1) is 0 Å². The van der Waals surface area contributed by atoms with Gasteiger partial charge in [0.1, 0.15) is 0 Å². The fourth-order valence-corrected chi connectivity index (χ4v) is 2.66. The molecule has 0 aromatic rings. The average Bonchev–Trinajstić information content (AvgIpc) is 2.27. The molecule has 1 saturated carbocycles. The molecule has 0 heterocycles. The Bertz CT molecular complexity index is 220. The molecule has 1 aliphatic carbocycles. The third kappa shape index (κ3) is 3.19. The Morgan fingerprint density at radius 1 is 1.44 bits per heavy atom. The Morgan fingerprint density at radius 2 is 2.06 bits per heavy atom. The summed E-state index contributed by atoms with van der Waals surface area (Å²) in [7, 11) is 2.19. The summed E-state index contributed by atoms with van der Waals surface area (Å²) in [6, 6.07) is 1.11. The van der Waals surface area contributed by atoms with Gasteiger partial charge in [0.2, 0.25) is 0 Å². The lowest BCUT2D eigenvalue weighted by Crippen LogP contribution is -2.54. The van der Waals surface area contributed by atoms with Gasteiger partial charge in [-0.25, -0.2) is 0 Å². The van der Waals surface area contributed by atoms with E-state index < -0.39 is 0 Å². The zero-order valence-corrected chi connectivity index (χ0v) is 11.2. The first kappa shape index (κ1) is 13.9. The van der Waals surface area contributed by atoms with E-state index in [0.29, 0.717) is 18.0 Å². The largest absolute Gasteiger partial charge is 0.394 e. The number of aliphatic hydroxyl groups is 1. The number of hydrogen-bond donors (Lipinski definition) is 2. The monoisotopic (exact) mass is 228 g/mol. The van der Waals surface area contributed by atoms with E-state index in [-0.39, 0.29) is 12.1 Å². The molecular formula is C13H28N2O. The summed E-state index contributed by atoms with van der Waals surface area (Å²) in [6.07, 6.45) is 4.24. The highest BCUT2D eigenvalue weighted by Gasteiger charge is 2.35. The summed E-state index contributed by atoms with van der Waals surface area (Å²) in [5.74, 6) is 0.660. The Morgan fingerprint density at radius 3 is 2.56 bits per heavy atom. The average molecular weight is 228 g/mol. The van der Waals surface area contributed by atoms with Crippen LogP contribution in [0, 0.1) is 5.92 Å². The molecule has 0 amide bonds. The first-order valence-electron chi connectivity index (χ1n) is 6.51. The zero-order chi connectivity index (χ0) is 12.3. The highest BCUT2D eigenvalue weighted by atomic mass is 16.3. The van der Waals surface area contributed by atoms with Crippen molar-refractivity contribution in [1.82, 2.24) is 4.90 Å². The van der Waals surface area contributed by atoms with Crippen LogP contribution in [0.25, 0.3) is 0 Å². The van der Waals surface area contributed by atoms with E-state index in [1.165, 1.54) is 6.42 Å². The molecule has 0 aliphatic heterocycles. The molecule has 1 rings (SSSR count). The van der Waals surface area contributed by atoms with Gasteiger partial charge < -0.3 is 15.7 Å². The Kier molecular flexibility index (Phi) is 4.77. The molecule has 3 nitrogen and oxygen atoms in total. The molecule has 0 bridgehead atoms. The van der Waals surface area contributed by atoms with Crippen molar-refractivity contribution in [1.29, 1.82) is 0 Å². The van der Waals surface area contributed by atoms with Crippen molar-refractivity contribution in [2.45, 2.75) is 64.1 Å². The van der Waals surface area contributed by atoms with Gasteiger partial charge in [0.05, 0.1) is 6.61 Å². The summed E-state index contributed by atoms with van der Waals surface area (Å²) < 4.78 is 0. The second-order valence-electron chi connectivity index (χ2n) is 5.92. The molecule has 1 fully saturated rings. The molecule has 0 aromatic carbocycles. The van der Waals surface area contributed by atoms with E-state index in [9.17, 15) is 5.11 Å². The lowest BCUT2D eigenvalue weighted by Gasteiger charge is -2.43. The summed E-state index contributed by atoms with van der Waals surface area (Å²) in [5.41, 5.74) is 5.85. The van der Waals surface area contributed by atoms with Crippen molar-refractivity contribution in [2.24, 2.45) is 11.7 Å². The molecular weight excluding hydrogens is 200 g/mol. The predicted molar refractivity (Wildman–Crippen MR) is 68.3 cm³/mol. The lowest BCUT2D eigenvalue weighted by molar-refractivity contribution is 0.0644. The van der Waals surface area contributed by atoms with Crippen LogP contribution in [-0.4, -0.2) is 41.3 Å². The molecule has 0 radical (unpaired) electrons. The fraction of sp³-hybridized carbons (Fsp3) is 1.00. The number of rotatable bonds is 4. The van der Waals surface area contributed by atoms with E-state index in [2.05, 4.69) is 32.7 Å². The SMILES string of the molecule is CC(C)C(C)N(C)C1CCCC(N)(CO)C1. The standard InChI is InChI=1S/C13H28N2O/c1-10(2)11(3)15(4)12-6-5-7-13(14,8-12)9-16/h10-12,16H,5-9,14H2,1-4H3. The van der Waals surface area contributed by atoms with Crippen molar-refractivity contribution in [3.63, 3.8) is 0 Å². The van der Waals surface area contributed by atoms with Gasteiger partial charge in [0.15, 0.2) is 0 Å². The smallest absolute Gasteiger partial charge is 0.0611 e. The number of nitrogens with zero attached hydrogens (tertiary/aromatic N) is 1. The normalized spacial score (nSPS) is 33.4. The minimum absolute atomic E-state index is 0.118. The maximum Gasteiger partial charge on any atom is 0.0611 e. The highest BCUT2D eigenvalue weighted by molar-refractivity contribution is 4.94. The van der Waals surface area contributed by atoms with Crippen LogP contribution in [0.3, 0.4) is 0 Å². The maximum atomic E-state index is 9.35. The maximum absolute atomic E-state index is 9.35. The molecule has 96 valence electrons. The van der Waals surface area contributed by atoms with Gasteiger partial charge in [-0.05, 0) is 45.6 Å². The molecule has 1 aliphatic rings. The third-order valence-electron chi connectivity index (χ3n) is 4.35. The van der Waals surface area contributed by atoms with E-state index in [1.807, 2.05) is 0 Å². The lowest BCUT2D eigenvalue weighted by atomic mass is 9.79. The summed E-state index contributed by atoms with van der Waals surface area (Å²) in [5, 5.41) is 9.35. The van der Waals surface area contributed by atoms with Crippen molar-refractivity contribution >= 4 is 0 Å². The number of hydrogen-bond acceptors (Lipinski definition) is 3. The van der Waals surface area contributed by atoms with E-state index in [4.69, 9.17) is 5.73 Å². The number of nitrogens with two attached hydrogens (primary N) is 1. The van der Waals surface area contributed by atoms with Gasteiger partial charge >= 0.3 is 0 Å². The Labute approximate surface area is 100 Å². The number of aliphatic hydroxyl groups excluding tert-OH is 1. The quantitative estimate of drug-likeness (QED) is 0.768. The van der Waals surface area contributed by atoms with Crippen molar-refractivity contribution in [2.75, 3.05) is 13.7 Å². The van der Waals surface area contributed by atoms with Crippen LogP contribution in [0.1, 0.15) is 46.5 Å². The van der Waals surface area contributed by atoms with Crippen LogP contribution in [0.2, 0.25) is 0 Å². The molecule has 3 unspecified atom stereocenters. The van der Waals surface area contributed by atoms with Gasteiger partial charge in [-0.2, -0.15) is 0 Å². The zero-order valence-electron chi connectivity index (χ0n) is 11.2. The van der Waals surface area contributed by atoms with E-state index in [0.717, 1.165) is 19.3 Å². The van der Waals surface area contributed by atoms with Crippen LogP contribution in [-0.2, 0) is 0 Å². The Balaban J connectivity index is 2.60. The molecule has 0 aromatic heterocycles. The predicted octanol–water partition coefficient (Wildman–Crippen LogP) is 1.60. The fourth-order valence-electron chi connectivity index (χ4n) is 2.66. The van der Waals surface area contributed by atoms with Gasteiger partial charge in [-0.3, -0.25) is 0 Å².